The van der Waals surface area contributed by atoms with Gasteiger partial charge < -0.3 is 84.7 Å². The molecule has 83 heavy (non-hydrogen) atoms. The number of imidazole rings is 1. The summed E-state index contributed by atoms with van der Waals surface area (Å²) in [5.41, 5.74) is 18.4. The van der Waals surface area contributed by atoms with E-state index >= 15 is 0 Å². The van der Waals surface area contributed by atoms with E-state index in [0.29, 0.717) is 17.5 Å². The van der Waals surface area contributed by atoms with Crippen molar-refractivity contribution in [1.82, 2.24) is 52.1 Å². The third-order valence-corrected chi connectivity index (χ3v) is 13.7. The maximum atomic E-state index is 14.7. The number of amides is 8. The number of carbonyl (C=O) groups excluding carboxylic acids is 8. The molecule has 1 saturated heterocycles. The zero-order valence-electron chi connectivity index (χ0n) is 46.3. The van der Waals surface area contributed by atoms with Crippen LogP contribution in [0.4, 0.5) is 0 Å². The third kappa shape index (κ3) is 21.8. The fraction of sp³-hybridized carbons (Fsp3) is 0.500. The molecule has 0 aliphatic carbocycles. The van der Waals surface area contributed by atoms with Crippen molar-refractivity contribution in [3.05, 3.63) is 90.0 Å². The summed E-state index contributed by atoms with van der Waals surface area (Å²) in [7, 11) is 0. The van der Waals surface area contributed by atoms with E-state index in [2.05, 4.69) is 52.2 Å². The Morgan fingerprint density at radius 2 is 1.23 bits per heavy atom. The van der Waals surface area contributed by atoms with E-state index in [1.165, 1.54) is 17.4 Å². The Kier molecular flexibility index (Phi) is 26.5. The molecule has 1 aliphatic rings. The van der Waals surface area contributed by atoms with Gasteiger partial charge in [-0.3, -0.25) is 52.9 Å². The van der Waals surface area contributed by atoms with Crippen LogP contribution in [0.3, 0.4) is 0 Å². The molecule has 0 spiro atoms. The Balaban J connectivity index is 1.55. The first-order valence-corrected chi connectivity index (χ1v) is 27.0. The standard InChI is InChI=1S/C54H76N14O15/c1-4-29(2)43(52(81)68-22-12-18-40(68)50(79)64-37(24-32-15-9-6-10-16-32)47(76)62-36(53(82)83)17-11-21-59-54(56)57)66-46(75)35(19-20-41(70)71)61-48(77)38(25-33-27-58-28-60-33)63-49(78)39(26-42(72)73)65-51(80)44(30(3)69)67-45(74)34(55)23-31-13-7-5-8-14-31/h5-10,13-16,27-30,34-40,43-44,69H,4,11-12,17-26,55H2,1-3H3,(H,58,60)(H,61,77)(H,62,76)(H,63,78)(H,64,79)(H,65,80)(H,66,75)(H,67,74)(H,70,71)(H,72,73)(H,82,83)(H4,56,57,59)/t29-,30+,34-,35-,36-,37-,38-,39-,40-,43-,44-/m0/s1. The van der Waals surface area contributed by atoms with E-state index in [1.807, 2.05) is 0 Å². The average molecular weight is 1160 g/mol. The monoisotopic (exact) mass is 1160 g/mol. The zero-order valence-corrected chi connectivity index (χ0v) is 46.3. The maximum absolute atomic E-state index is 14.7. The number of carboxylic acid groups (broad SMARTS) is 3. The molecular formula is C54H76N14O15. The molecule has 0 unspecified atom stereocenters. The predicted molar refractivity (Wildman–Crippen MR) is 297 cm³/mol. The zero-order chi connectivity index (χ0) is 61.3. The number of aliphatic carboxylic acids is 3. The van der Waals surface area contributed by atoms with Crippen LogP contribution in [-0.4, -0.2) is 180 Å². The molecule has 452 valence electrons. The number of nitrogens with zero attached hydrogens (tertiary/aromatic N) is 3. The number of likely N-dealkylation sites (tertiary alicyclic amines) is 1. The van der Waals surface area contributed by atoms with Gasteiger partial charge in [0, 0.05) is 44.2 Å². The highest BCUT2D eigenvalue weighted by molar-refractivity contribution is 5.99. The minimum atomic E-state index is -1.95. The van der Waals surface area contributed by atoms with Gasteiger partial charge in [-0.2, -0.15) is 0 Å². The Labute approximate surface area is 478 Å². The largest absolute Gasteiger partial charge is 0.481 e. The lowest BCUT2D eigenvalue weighted by atomic mass is 9.96. The third-order valence-electron chi connectivity index (χ3n) is 13.7. The van der Waals surface area contributed by atoms with Gasteiger partial charge in [-0.15, -0.1) is 0 Å². The summed E-state index contributed by atoms with van der Waals surface area (Å²) in [6, 6.07) is 3.63. The second-order valence-corrected chi connectivity index (χ2v) is 20.2. The van der Waals surface area contributed by atoms with Crippen LogP contribution in [0.25, 0.3) is 0 Å². The molecule has 2 aromatic carbocycles. The van der Waals surface area contributed by atoms with Crippen molar-refractivity contribution in [1.29, 1.82) is 0 Å². The van der Waals surface area contributed by atoms with Crippen molar-refractivity contribution in [3.63, 3.8) is 0 Å². The SMILES string of the molecule is CC[C@H](C)[C@H](NC(=O)[C@H](CCC(=O)O)NC(=O)[C@H](Cc1cnc[nH]1)NC(=O)[C@H](CC(=O)O)NC(=O)[C@@H](NC(=O)[C@@H](N)Cc1ccccc1)[C@@H](C)O)C(=O)N1CCC[C@H]1C(=O)N[C@@H](Cc1ccccc1)C(=O)N[C@@H](CCCN=C(N)N)C(=O)O. The van der Waals surface area contributed by atoms with Crippen LogP contribution in [0, 0.1) is 5.92 Å². The van der Waals surface area contributed by atoms with Gasteiger partial charge in [-0.25, -0.2) is 9.78 Å². The number of guanidine groups is 1. The second-order valence-electron chi connectivity index (χ2n) is 20.2. The molecule has 0 saturated carbocycles. The number of nitrogens with two attached hydrogens (primary N) is 3. The highest BCUT2D eigenvalue weighted by atomic mass is 16.4. The minimum absolute atomic E-state index is 0.0287. The molecule has 11 atom stereocenters. The van der Waals surface area contributed by atoms with Gasteiger partial charge in [0.05, 0.1) is 24.9 Å². The van der Waals surface area contributed by atoms with Gasteiger partial charge in [-0.05, 0) is 62.5 Å². The number of hydrogen-bond acceptors (Lipinski definition) is 15. The first-order valence-electron chi connectivity index (χ1n) is 27.0. The van der Waals surface area contributed by atoms with E-state index in [9.17, 15) is 73.2 Å². The van der Waals surface area contributed by atoms with E-state index < -0.39 is 157 Å². The minimum Gasteiger partial charge on any atom is -0.481 e. The van der Waals surface area contributed by atoms with Crippen molar-refractivity contribution >= 4 is 71.1 Å². The van der Waals surface area contributed by atoms with Crippen LogP contribution < -0.4 is 54.4 Å². The normalized spacial score (nSPS) is 16.5. The van der Waals surface area contributed by atoms with Crippen LogP contribution in [0.2, 0.25) is 0 Å². The van der Waals surface area contributed by atoms with Gasteiger partial charge >= 0.3 is 17.9 Å². The van der Waals surface area contributed by atoms with E-state index in [4.69, 9.17) is 17.2 Å². The van der Waals surface area contributed by atoms with Crippen LogP contribution in [0.5, 0.6) is 0 Å². The number of aliphatic hydroxyl groups is 1. The fourth-order valence-electron chi connectivity index (χ4n) is 8.96. The number of carbonyl (C=O) groups is 11. The fourth-order valence-corrected chi connectivity index (χ4v) is 8.96. The number of aromatic nitrogens is 2. The number of rotatable bonds is 34. The van der Waals surface area contributed by atoms with Crippen molar-refractivity contribution in [2.45, 2.75) is 152 Å². The number of carboxylic acids is 3. The van der Waals surface area contributed by atoms with Crippen LogP contribution in [0.1, 0.15) is 89.0 Å². The molecule has 29 heteroatoms. The molecule has 1 aromatic heterocycles. The first-order chi connectivity index (χ1) is 39.4. The Bertz CT molecular complexity index is 2730. The molecule has 4 rings (SSSR count). The van der Waals surface area contributed by atoms with Gasteiger partial charge in [0.25, 0.3) is 0 Å². The first kappa shape index (κ1) is 66.5. The van der Waals surface area contributed by atoms with Crippen LogP contribution in [0.15, 0.2) is 78.2 Å². The van der Waals surface area contributed by atoms with Crippen molar-refractivity contribution in [3.8, 4) is 0 Å². The Hall–Kier alpha value is -8.99. The van der Waals surface area contributed by atoms with E-state index in [1.54, 1.807) is 74.5 Å². The van der Waals surface area contributed by atoms with Gasteiger partial charge in [-0.1, -0.05) is 80.9 Å². The lowest BCUT2D eigenvalue weighted by Crippen LogP contribution is -2.62. The lowest BCUT2D eigenvalue weighted by Gasteiger charge is -2.33. The predicted octanol–water partition coefficient (Wildman–Crippen LogP) is -2.95. The highest BCUT2D eigenvalue weighted by Crippen LogP contribution is 2.23. The van der Waals surface area contributed by atoms with Gasteiger partial charge in [0.2, 0.25) is 47.3 Å². The molecule has 3 aromatic rings. The summed E-state index contributed by atoms with van der Waals surface area (Å²) in [5, 5.41) is 57.2. The van der Waals surface area contributed by atoms with E-state index in [-0.39, 0.29) is 63.3 Å². The van der Waals surface area contributed by atoms with Crippen LogP contribution in [-0.2, 0) is 72.0 Å². The lowest BCUT2D eigenvalue weighted by molar-refractivity contribution is -0.144. The van der Waals surface area contributed by atoms with E-state index in [0.717, 1.165) is 6.92 Å². The average Bonchev–Trinajstić information content (AvgIpc) is 4.17. The number of nitrogens with one attached hydrogen (secondary N) is 8. The highest BCUT2D eigenvalue weighted by Gasteiger charge is 2.42. The van der Waals surface area contributed by atoms with Crippen molar-refractivity contribution < 1.29 is 73.2 Å². The number of hydrogen-bond donors (Lipinski definition) is 15. The number of aliphatic imine (C=N–C) groups is 1. The molecule has 1 fully saturated rings. The quantitative estimate of drug-likeness (QED) is 0.0162. The molecule has 8 amide bonds. The summed E-state index contributed by atoms with van der Waals surface area (Å²) in [6.07, 6.45) is -0.942. The van der Waals surface area contributed by atoms with Crippen LogP contribution >= 0.6 is 0 Å². The second kappa shape index (κ2) is 33.1. The summed E-state index contributed by atoms with van der Waals surface area (Å²) in [6.45, 7) is 4.63. The molecule has 1 aliphatic heterocycles. The maximum Gasteiger partial charge on any atom is 0.326 e. The van der Waals surface area contributed by atoms with Crippen molar-refractivity contribution in [2.75, 3.05) is 13.1 Å². The molecule has 18 N–H and O–H groups in total. The van der Waals surface area contributed by atoms with Gasteiger partial charge in [0.15, 0.2) is 5.96 Å². The number of benzene rings is 2. The molecule has 2 heterocycles. The molecule has 0 radical (unpaired) electrons. The van der Waals surface area contributed by atoms with Gasteiger partial charge in [0.1, 0.15) is 48.3 Å². The molecule has 29 nitrogen and oxygen atoms in total. The summed E-state index contributed by atoms with van der Waals surface area (Å²) in [5.74, 6) is -12.9. The summed E-state index contributed by atoms with van der Waals surface area (Å²) < 4.78 is 0. The topological polar surface area (TPSA) is 475 Å². The van der Waals surface area contributed by atoms with Crippen molar-refractivity contribution in [2.24, 2.45) is 28.1 Å². The Morgan fingerprint density at radius 3 is 1.78 bits per heavy atom. The molecule has 0 bridgehead atoms. The number of aliphatic hydroxyl groups excluding tert-OH is 1. The Morgan fingerprint density at radius 1 is 0.675 bits per heavy atom. The molecular weight excluding hydrogens is 1080 g/mol. The summed E-state index contributed by atoms with van der Waals surface area (Å²) in [4.78, 5) is 160. The number of H-pyrrole nitrogens is 1. The number of aromatic amines is 1. The smallest absolute Gasteiger partial charge is 0.326 e. The summed E-state index contributed by atoms with van der Waals surface area (Å²) >= 11 is 0.